The van der Waals surface area contributed by atoms with E-state index in [-0.39, 0.29) is 17.1 Å². The Bertz CT molecular complexity index is 700. The average Bonchev–Trinajstić information content (AvgIpc) is 2.53. The highest BCUT2D eigenvalue weighted by Crippen LogP contribution is 2.34. The van der Waals surface area contributed by atoms with Crippen molar-refractivity contribution in [2.24, 2.45) is 0 Å². The van der Waals surface area contributed by atoms with Crippen LogP contribution in [0.3, 0.4) is 0 Å². The van der Waals surface area contributed by atoms with Gasteiger partial charge in [0.05, 0.1) is 19.8 Å². The van der Waals surface area contributed by atoms with Gasteiger partial charge in [-0.2, -0.15) is 0 Å². The van der Waals surface area contributed by atoms with Crippen molar-refractivity contribution in [1.29, 1.82) is 0 Å². The second-order valence-electron chi connectivity index (χ2n) is 4.83. The maximum atomic E-state index is 12.2. The highest BCUT2D eigenvalue weighted by atomic mass is 16.5. The molecule has 0 aliphatic carbocycles. The SMILES string of the molecule is COc1cc(O)c(C(=O)/C=C/c2ccc(C)cc2)cc1OC. The van der Waals surface area contributed by atoms with Gasteiger partial charge in [-0.1, -0.05) is 35.9 Å². The van der Waals surface area contributed by atoms with Crippen molar-refractivity contribution < 1.29 is 19.4 Å². The Balaban J connectivity index is 2.27. The zero-order valence-corrected chi connectivity index (χ0v) is 12.8. The Kier molecular flexibility index (Phi) is 4.84. The molecule has 2 aromatic carbocycles. The number of carbonyl (C=O) groups excluding carboxylic acids is 1. The molecule has 1 N–H and O–H groups in total. The average molecular weight is 298 g/mol. The smallest absolute Gasteiger partial charge is 0.189 e. The first kappa shape index (κ1) is 15.6. The number of aromatic hydroxyl groups is 1. The normalized spacial score (nSPS) is 10.7. The molecule has 0 unspecified atom stereocenters. The minimum atomic E-state index is -0.306. The number of hydrogen-bond donors (Lipinski definition) is 1. The predicted molar refractivity (Wildman–Crippen MR) is 85.8 cm³/mol. The van der Waals surface area contributed by atoms with E-state index in [1.165, 1.54) is 32.4 Å². The van der Waals surface area contributed by atoms with Crippen LogP contribution in [0.15, 0.2) is 42.5 Å². The van der Waals surface area contributed by atoms with E-state index in [1.54, 1.807) is 6.08 Å². The molecule has 0 saturated carbocycles. The van der Waals surface area contributed by atoms with Crippen LogP contribution in [0.1, 0.15) is 21.5 Å². The predicted octanol–water partition coefficient (Wildman–Crippen LogP) is 3.61. The van der Waals surface area contributed by atoms with Crippen molar-refractivity contribution in [2.45, 2.75) is 6.92 Å². The molecular formula is C18H18O4. The van der Waals surface area contributed by atoms with Crippen LogP contribution in [0.5, 0.6) is 17.2 Å². The second-order valence-corrected chi connectivity index (χ2v) is 4.83. The van der Waals surface area contributed by atoms with E-state index in [0.29, 0.717) is 11.5 Å². The number of aryl methyl sites for hydroxylation is 1. The summed E-state index contributed by atoms with van der Waals surface area (Å²) in [5.41, 5.74) is 2.24. The molecule has 4 nitrogen and oxygen atoms in total. The van der Waals surface area contributed by atoms with Gasteiger partial charge in [0.15, 0.2) is 17.3 Å². The zero-order chi connectivity index (χ0) is 16.1. The van der Waals surface area contributed by atoms with Crippen molar-refractivity contribution in [3.8, 4) is 17.2 Å². The molecule has 0 atom stereocenters. The molecule has 2 rings (SSSR count). The van der Waals surface area contributed by atoms with Gasteiger partial charge < -0.3 is 14.6 Å². The molecule has 0 heterocycles. The first-order valence-corrected chi connectivity index (χ1v) is 6.79. The summed E-state index contributed by atoms with van der Waals surface area (Å²) >= 11 is 0. The van der Waals surface area contributed by atoms with E-state index in [4.69, 9.17) is 9.47 Å². The third-order valence-electron chi connectivity index (χ3n) is 3.27. The van der Waals surface area contributed by atoms with Crippen LogP contribution in [-0.2, 0) is 0 Å². The number of methoxy groups -OCH3 is 2. The lowest BCUT2D eigenvalue weighted by atomic mass is 10.1. The van der Waals surface area contributed by atoms with Gasteiger partial charge in [-0.05, 0) is 24.6 Å². The molecule has 4 heteroatoms. The van der Waals surface area contributed by atoms with Crippen LogP contribution in [0.4, 0.5) is 0 Å². The minimum Gasteiger partial charge on any atom is -0.507 e. The number of benzene rings is 2. The lowest BCUT2D eigenvalue weighted by molar-refractivity contribution is 0.104. The Morgan fingerprint density at radius 3 is 2.23 bits per heavy atom. The van der Waals surface area contributed by atoms with Gasteiger partial charge in [-0.3, -0.25) is 4.79 Å². The highest BCUT2D eigenvalue weighted by molar-refractivity contribution is 6.09. The number of rotatable bonds is 5. The molecule has 0 aliphatic rings. The number of phenols is 1. The van der Waals surface area contributed by atoms with Crippen molar-refractivity contribution in [3.05, 3.63) is 59.2 Å². The van der Waals surface area contributed by atoms with E-state index in [9.17, 15) is 9.90 Å². The molecule has 0 spiro atoms. The van der Waals surface area contributed by atoms with Gasteiger partial charge in [0.25, 0.3) is 0 Å². The lowest BCUT2D eigenvalue weighted by Crippen LogP contribution is -1.98. The van der Waals surface area contributed by atoms with Crippen LogP contribution in [0, 0.1) is 6.92 Å². The van der Waals surface area contributed by atoms with Crippen molar-refractivity contribution in [2.75, 3.05) is 14.2 Å². The van der Waals surface area contributed by atoms with Gasteiger partial charge in [0.2, 0.25) is 0 Å². The van der Waals surface area contributed by atoms with Crippen LogP contribution < -0.4 is 9.47 Å². The van der Waals surface area contributed by atoms with Crippen LogP contribution >= 0.6 is 0 Å². The standard InChI is InChI=1S/C18H18O4/c1-12-4-6-13(7-5-12)8-9-15(19)14-10-17(21-2)18(22-3)11-16(14)20/h4-11,20H,1-3H3/b9-8+. The second kappa shape index (κ2) is 6.80. The maximum Gasteiger partial charge on any atom is 0.189 e. The van der Waals surface area contributed by atoms with Gasteiger partial charge >= 0.3 is 0 Å². The molecule has 0 saturated heterocycles. The Morgan fingerprint density at radius 1 is 1.05 bits per heavy atom. The molecule has 2 aromatic rings. The van der Waals surface area contributed by atoms with Gasteiger partial charge in [0.1, 0.15) is 5.75 Å². The highest BCUT2D eigenvalue weighted by Gasteiger charge is 2.14. The third-order valence-corrected chi connectivity index (χ3v) is 3.27. The summed E-state index contributed by atoms with van der Waals surface area (Å²) in [6.45, 7) is 2.00. The van der Waals surface area contributed by atoms with Gasteiger partial charge in [0, 0.05) is 6.07 Å². The van der Waals surface area contributed by atoms with E-state index in [1.807, 2.05) is 31.2 Å². The summed E-state index contributed by atoms with van der Waals surface area (Å²) in [7, 11) is 2.95. The quantitative estimate of drug-likeness (QED) is 0.676. The summed E-state index contributed by atoms with van der Waals surface area (Å²) in [5, 5.41) is 9.96. The molecule has 0 bridgehead atoms. The Labute approximate surface area is 129 Å². The fraction of sp³-hybridized carbons (Fsp3) is 0.167. The third kappa shape index (κ3) is 3.47. The van der Waals surface area contributed by atoms with E-state index < -0.39 is 0 Å². The van der Waals surface area contributed by atoms with E-state index in [0.717, 1.165) is 11.1 Å². The number of ether oxygens (including phenoxy) is 2. The largest absolute Gasteiger partial charge is 0.507 e. The summed E-state index contributed by atoms with van der Waals surface area (Å²) in [6, 6.07) is 10.6. The Hall–Kier alpha value is -2.75. The van der Waals surface area contributed by atoms with E-state index >= 15 is 0 Å². The maximum absolute atomic E-state index is 12.2. The zero-order valence-electron chi connectivity index (χ0n) is 12.8. The van der Waals surface area contributed by atoms with Crippen LogP contribution in [-0.4, -0.2) is 25.1 Å². The van der Waals surface area contributed by atoms with Crippen LogP contribution in [0.25, 0.3) is 6.08 Å². The summed E-state index contributed by atoms with van der Waals surface area (Å²) < 4.78 is 10.2. The first-order chi connectivity index (χ1) is 10.5. The fourth-order valence-corrected chi connectivity index (χ4v) is 2.00. The summed E-state index contributed by atoms with van der Waals surface area (Å²) in [5.74, 6) is 0.321. The molecule has 0 aliphatic heterocycles. The fourth-order valence-electron chi connectivity index (χ4n) is 2.00. The van der Waals surface area contributed by atoms with Crippen LogP contribution in [0.2, 0.25) is 0 Å². The number of allylic oxidation sites excluding steroid dienone is 1. The molecular weight excluding hydrogens is 280 g/mol. The number of phenolic OH excluding ortho intramolecular Hbond substituents is 1. The van der Waals surface area contributed by atoms with Crippen molar-refractivity contribution >= 4 is 11.9 Å². The molecule has 0 fully saturated rings. The van der Waals surface area contributed by atoms with Crippen molar-refractivity contribution in [3.63, 3.8) is 0 Å². The minimum absolute atomic E-state index is 0.142. The topological polar surface area (TPSA) is 55.8 Å². The number of carbonyl (C=O) groups is 1. The van der Waals surface area contributed by atoms with E-state index in [2.05, 4.69) is 0 Å². The lowest BCUT2D eigenvalue weighted by Gasteiger charge is -2.10. The Morgan fingerprint density at radius 2 is 1.64 bits per heavy atom. The molecule has 0 aromatic heterocycles. The summed E-state index contributed by atoms with van der Waals surface area (Å²) in [6.07, 6.45) is 3.13. The monoisotopic (exact) mass is 298 g/mol. The van der Waals surface area contributed by atoms with Gasteiger partial charge in [-0.25, -0.2) is 0 Å². The molecule has 114 valence electrons. The van der Waals surface area contributed by atoms with Gasteiger partial charge in [-0.15, -0.1) is 0 Å². The molecule has 0 radical (unpaired) electrons. The summed E-state index contributed by atoms with van der Waals surface area (Å²) in [4.78, 5) is 12.2. The first-order valence-electron chi connectivity index (χ1n) is 6.79. The number of hydrogen-bond acceptors (Lipinski definition) is 4. The molecule has 22 heavy (non-hydrogen) atoms. The molecule has 0 amide bonds. The number of ketones is 1. The van der Waals surface area contributed by atoms with Crippen molar-refractivity contribution in [1.82, 2.24) is 0 Å².